The van der Waals surface area contributed by atoms with Gasteiger partial charge in [0.2, 0.25) is 0 Å². The van der Waals surface area contributed by atoms with Gasteiger partial charge >= 0.3 is 5.97 Å². The van der Waals surface area contributed by atoms with Crippen molar-refractivity contribution in [2.24, 2.45) is 0 Å². The first kappa shape index (κ1) is 11.8. The van der Waals surface area contributed by atoms with Crippen LogP contribution in [-0.4, -0.2) is 18.1 Å². The van der Waals surface area contributed by atoms with Gasteiger partial charge in [0.1, 0.15) is 17.3 Å². The number of H-pyrrole nitrogens is 1. The highest BCUT2D eigenvalue weighted by molar-refractivity contribution is 5.89. The van der Waals surface area contributed by atoms with Crippen molar-refractivity contribution in [1.29, 1.82) is 5.26 Å². The van der Waals surface area contributed by atoms with E-state index >= 15 is 0 Å². The number of esters is 1. The summed E-state index contributed by atoms with van der Waals surface area (Å²) in [6.07, 6.45) is -2.96. The van der Waals surface area contributed by atoms with Crippen LogP contribution in [0.5, 0.6) is 0 Å². The zero-order valence-electron chi connectivity index (χ0n) is 8.08. The highest BCUT2D eigenvalue weighted by atomic mass is 19.3. The molecule has 0 unspecified atom stereocenters. The lowest BCUT2D eigenvalue weighted by molar-refractivity contribution is 0.0598. The van der Waals surface area contributed by atoms with Crippen molar-refractivity contribution in [3.8, 4) is 6.07 Å². The van der Waals surface area contributed by atoms with Crippen molar-refractivity contribution in [3.63, 3.8) is 0 Å². The van der Waals surface area contributed by atoms with Crippen LogP contribution in [0.1, 0.15) is 28.0 Å². The van der Waals surface area contributed by atoms with Crippen molar-refractivity contribution in [2.75, 3.05) is 7.11 Å². The van der Waals surface area contributed by atoms with Crippen LogP contribution in [0.3, 0.4) is 0 Å². The molecule has 1 heterocycles. The number of hydrogen-bond donors (Lipinski definition) is 1. The predicted molar refractivity (Wildman–Crippen MR) is 48.1 cm³/mol. The Morgan fingerprint density at radius 2 is 2.25 bits per heavy atom. The molecule has 0 atom stereocenters. The topological polar surface area (TPSA) is 82.9 Å². The lowest BCUT2D eigenvalue weighted by Crippen LogP contribution is -2.21. The zero-order chi connectivity index (χ0) is 12.3. The zero-order valence-corrected chi connectivity index (χ0v) is 8.08. The Hall–Kier alpha value is -2.23. The van der Waals surface area contributed by atoms with E-state index in [1.165, 1.54) is 6.07 Å². The summed E-state index contributed by atoms with van der Waals surface area (Å²) in [5.41, 5.74) is -2.76. The first-order valence-corrected chi connectivity index (χ1v) is 4.05. The molecule has 0 aliphatic rings. The Labute approximate surface area is 88.3 Å². The average Bonchev–Trinajstić information content (AvgIpc) is 2.27. The highest BCUT2D eigenvalue weighted by Gasteiger charge is 2.20. The smallest absolute Gasteiger partial charge is 0.343 e. The van der Waals surface area contributed by atoms with Gasteiger partial charge in [-0.3, -0.25) is 4.79 Å². The minimum Gasteiger partial charge on any atom is -0.465 e. The number of nitriles is 1. The van der Waals surface area contributed by atoms with E-state index in [1.54, 1.807) is 0 Å². The first-order valence-electron chi connectivity index (χ1n) is 4.05. The van der Waals surface area contributed by atoms with Gasteiger partial charge in [-0.2, -0.15) is 5.26 Å². The molecule has 5 nitrogen and oxygen atoms in total. The molecule has 7 heteroatoms. The minimum absolute atomic E-state index is 0.559. The Morgan fingerprint density at radius 3 is 2.69 bits per heavy atom. The number of alkyl halides is 2. The fraction of sp³-hybridized carbons (Fsp3) is 0.222. The van der Waals surface area contributed by atoms with E-state index < -0.39 is 34.8 Å². The molecule has 0 fully saturated rings. The molecule has 0 amide bonds. The molecule has 0 radical (unpaired) electrons. The van der Waals surface area contributed by atoms with E-state index in [0.717, 1.165) is 7.11 Å². The molecule has 1 aromatic heterocycles. The van der Waals surface area contributed by atoms with Crippen LogP contribution in [0.15, 0.2) is 10.9 Å². The Kier molecular flexibility index (Phi) is 3.35. The van der Waals surface area contributed by atoms with Crippen LogP contribution in [0, 0.1) is 11.3 Å². The van der Waals surface area contributed by atoms with E-state index in [0.29, 0.717) is 6.07 Å². The van der Waals surface area contributed by atoms with Gasteiger partial charge in [-0.05, 0) is 6.07 Å². The number of halogens is 2. The highest BCUT2D eigenvalue weighted by Crippen LogP contribution is 2.21. The molecule has 0 aliphatic carbocycles. The minimum atomic E-state index is -2.96. The first-order chi connectivity index (χ1) is 7.51. The summed E-state index contributed by atoms with van der Waals surface area (Å²) in [5, 5.41) is 8.51. The summed E-state index contributed by atoms with van der Waals surface area (Å²) in [6, 6.07) is 2.07. The normalized spacial score (nSPS) is 9.94. The quantitative estimate of drug-likeness (QED) is 0.764. The number of rotatable bonds is 2. The summed E-state index contributed by atoms with van der Waals surface area (Å²) >= 11 is 0. The molecule has 1 rings (SSSR count). The molecule has 0 saturated heterocycles. The fourth-order valence-electron chi connectivity index (χ4n) is 1.07. The standard InChI is InChI=1S/C9H6F2N2O3/c1-16-9(15)5-2-4(7(10)11)6(3-12)13-8(5)14/h2,7H,1H3,(H,13,14). The predicted octanol–water partition coefficient (Wildman–Crippen LogP) is 0.971. The van der Waals surface area contributed by atoms with Gasteiger partial charge in [0.15, 0.2) is 0 Å². The van der Waals surface area contributed by atoms with Gasteiger partial charge in [0, 0.05) is 0 Å². The number of methoxy groups -OCH3 is 1. The molecule has 0 aliphatic heterocycles. The molecular weight excluding hydrogens is 222 g/mol. The van der Waals surface area contributed by atoms with Crippen LogP contribution >= 0.6 is 0 Å². The van der Waals surface area contributed by atoms with Crippen molar-refractivity contribution >= 4 is 5.97 Å². The van der Waals surface area contributed by atoms with E-state index in [2.05, 4.69) is 4.74 Å². The van der Waals surface area contributed by atoms with Crippen LogP contribution in [0.2, 0.25) is 0 Å². The molecule has 1 aromatic rings. The number of nitrogens with one attached hydrogen (secondary N) is 1. The molecule has 0 bridgehead atoms. The van der Waals surface area contributed by atoms with Gasteiger partial charge < -0.3 is 9.72 Å². The van der Waals surface area contributed by atoms with Gasteiger partial charge in [0.05, 0.1) is 12.7 Å². The molecule has 0 saturated carbocycles. The molecule has 16 heavy (non-hydrogen) atoms. The Bertz CT molecular complexity index is 516. The summed E-state index contributed by atoms with van der Waals surface area (Å²) in [6.45, 7) is 0. The SMILES string of the molecule is COC(=O)c1cc(C(F)F)c(C#N)[nH]c1=O. The van der Waals surface area contributed by atoms with Crippen molar-refractivity contribution in [3.05, 3.63) is 33.2 Å². The number of nitrogens with zero attached hydrogens (tertiary/aromatic N) is 1. The Morgan fingerprint density at radius 1 is 1.62 bits per heavy atom. The molecule has 0 spiro atoms. The maximum Gasteiger partial charge on any atom is 0.343 e. The summed E-state index contributed by atoms with van der Waals surface area (Å²) in [5.74, 6) is -1.03. The second-order valence-corrected chi connectivity index (χ2v) is 2.75. The van der Waals surface area contributed by atoms with Crippen LogP contribution in [0.25, 0.3) is 0 Å². The number of aromatic nitrogens is 1. The van der Waals surface area contributed by atoms with Gasteiger partial charge in [-0.25, -0.2) is 13.6 Å². The van der Waals surface area contributed by atoms with Crippen LogP contribution in [0.4, 0.5) is 8.78 Å². The molecule has 0 aromatic carbocycles. The summed E-state index contributed by atoms with van der Waals surface area (Å²) < 4.78 is 29.2. The third-order valence-corrected chi connectivity index (χ3v) is 1.82. The molecular formula is C9H6F2N2O3. The van der Waals surface area contributed by atoms with Crippen LogP contribution < -0.4 is 5.56 Å². The van der Waals surface area contributed by atoms with Crippen LogP contribution in [-0.2, 0) is 4.74 Å². The number of carbonyl (C=O) groups excluding carboxylic acids is 1. The summed E-state index contributed by atoms with van der Waals surface area (Å²) in [4.78, 5) is 24.2. The average molecular weight is 228 g/mol. The number of carbonyl (C=O) groups is 1. The van der Waals surface area contributed by atoms with E-state index in [4.69, 9.17) is 5.26 Å². The van der Waals surface area contributed by atoms with E-state index in [-0.39, 0.29) is 0 Å². The van der Waals surface area contributed by atoms with Gasteiger partial charge in [-0.15, -0.1) is 0 Å². The van der Waals surface area contributed by atoms with Crippen molar-refractivity contribution in [2.45, 2.75) is 6.43 Å². The fourth-order valence-corrected chi connectivity index (χ4v) is 1.07. The second-order valence-electron chi connectivity index (χ2n) is 2.75. The number of pyridine rings is 1. The Balaban J connectivity index is 3.47. The van der Waals surface area contributed by atoms with E-state index in [9.17, 15) is 18.4 Å². The second kappa shape index (κ2) is 4.53. The number of ether oxygens (including phenoxy) is 1. The number of aromatic amines is 1. The largest absolute Gasteiger partial charge is 0.465 e. The lowest BCUT2D eigenvalue weighted by atomic mass is 10.1. The third-order valence-electron chi connectivity index (χ3n) is 1.82. The van der Waals surface area contributed by atoms with Crippen molar-refractivity contribution < 1.29 is 18.3 Å². The van der Waals surface area contributed by atoms with Crippen molar-refractivity contribution in [1.82, 2.24) is 4.98 Å². The van der Waals surface area contributed by atoms with Gasteiger partial charge in [-0.1, -0.05) is 0 Å². The molecule has 1 N–H and O–H groups in total. The third kappa shape index (κ3) is 2.06. The number of hydrogen-bond acceptors (Lipinski definition) is 4. The van der Waals surface area contributed by atoms with Gasteiger partial charge in [0.25, 0.3) is 12.0 Å². The van der Waals surface area contributed by atoms with E-state index in [1.807, 2.05) is 4.98 Å². The summed E-state index contributed by atoms with van der Waals surface area (Å²) in [7, 11) is 1.02. The lowest BCUT2D eigenvalue weighted by Gasteiger charge is -2.04. The monoisotopic (exact) mass is 228 g/mol. The maximum absolute atomic E-state index is 12.5. The maximum atomic E-state index is 12.5. The molecule has 84 valence electrons.